The molecule has 6 rings (SSSR count). The van der Waals surface area contributed by atoms with Crippen LogP contribution in [0.2, 0.25) is 5.02 Å². The van der Waals surface area contributed by atoms with Crippen molar-refractivity contribution >= 4 is 28.6 Å². The van der Waals surface area contributed by atoms with Crippen LogP contribution in [0.4, 0.5) is 10.3 Å². The van der Waals surface area contributed by atoms with Gasteiger partial charge in [-0.3, -0.25) is 9.36 Å². The number of anilines is 1. The Labute approximate surface area is 199 Å². The Morgan fingerprint density at radius 1 is 1.12 bits per heavy atom. The Hall–Kier alpha value is -3.40. The second-order valence-corrected chi connectivity index (χ2v) is 9.44. The van der Waals surface area contributed by atoms with Crippen LogP contribution in [0.15, 0.2) is 29.2 Å². The highest BCUT2D eigenvalue weighted by atomic mass is 35.5. The lowest BCUT2D eigenvalue weighted by atomic mass is 10.1. The minimum absolute atomic E-state index is 0.119. The maximum absolute atomic E-state index is 14.9. The number of rotatable bonds is 4. The standard InChI is InChI=1S/C23H22ClFN8O/c1-12-26-20-19(16-6-5-14(24)9-17(16)25)27-23(28-21(20)22(34)31(12)2)32-8-7-15(10-32)33-11-18(29-30-33)13-3-4-13/h5-6,9,11,13,15H,3-4,7-8,10H2,1-2H3. The summed E-state index contributed by atoms with van der Waals surface area (Å²) in [6.45, 7) is 3.01. The van der Waals surface area contributed by atoms with Crippen LogP contribution in [0.5, 0.6) is 0 Å². The van der Waals surface area contributed by atoms with Gasteiger partial charge in [-0.15, -0.1) is 5.10 Å². The first-order chi connectivity index (χ1) is 16.4. The summed E-state index contributed by atoms with van der Waals surface area (Å²) in [6, 6.07) is 4.50. The van der Waals surface area contributed by atoms with Gasteiger partial charge in [-0.1, -0.05) is 16.8 Å². The molecule has 1 aliphatic heterocycles. The van der Waals surface area contributed by atoms with Crippen molar-refractivity contribution in [3.63, 3.8) is 0 Å². The van der Waals surface area contributed by atoms with Gasteiger partial charge in [0, 0.05) is 42.8 Å². The first-order valence-electron chi connectivity index (χ1n) is 11.3. The number of hydrogen-bond donors (Lipinski definition) is 0. The van der Waals surface area contributed by atoms with Crippen LogP contribution in [-0.4, -0.2) is 47.6 Å². The maximum atomic E-state index is 14.9. The number of hydrogen-bond acceptors (Lipinski definition) is 7. The largest absolute Gasteiger partial charge is 0.339 e. The Morgan fingerprint density at radius 3 is 2.71 bits per heavy atom. The summed E-state index contributed by atoms with van der Waals surface area (Å²) < 4.78 is 18.3. The molecule has 34 heavy (non-hydrogen) atoms. The van der Waals surface area contributed by atoms with Crippen molar-refractivity contribution in [3.8, 4) is 11.3 Å². The molecule has 1 saturated carbocycles. The summed E-state index contributed by atoms with van der Waals surface area (Å²) in [5.41, 5.74) is 1.66. The van der Waals surface area contributed by atoms with E-state index >= 15 is 0 Å². The van der Waals surface area contributed by atoms with Crippen LogP contribution in [-0.2, 0) is 7.05 Å². The third-order valence-electron chi connectivity index (χ3n) is 6.67. The van der Waals surface area contributed by atoms with Crippen molar-refractivity contribution in [3.05, 3.63) is 57.1 Å². The molecule has 9 nitrogen and oxygen atoms in total. The van der Waals surface area contributed by atoms with Crippen LogP contribution in [0.1, 0.15) is 42.7 Å². The molecular weight excluding hydrogens is 459 g/mol. The molecule has 1 aliphatic carbocycles. The molecule has 0 amide bonds. The van der Waals surface area contributed by atoms with Gasteiger partial charge in [0.15, 0.2) is 5.52 Å². The lowest BCUT2D eigenvalue weighted by Gasteiger charge is -2.18. The van der Waals surface area contributed by atoms with E-state index in [1.165, 1.54) is 23.5 Å². The smallest absolute Gasteiger partial charge is 0.279 e. The summed E-state index contributed by atoms with van der Waals surface area (Å²) in [6.07, 6.45) is 5.22. The molecule has 2 aliphatic rings. The van der Waals surface area contributed by atoms with Crippen molar-refractivity contribution in [2.24, 2.45) is 7.05 Å². The third kappa shape index (κ3) is 3.53. The Kier molecular flexibility index (Phi) is 4.87. The van der Waals surface area contributed by atoms with Crippen molar-refractivity contribution in [2.75, 3.05) is 18.0 Å². The van der Waals surface area contributed by atoms with E-state index in [0.717, 1.165) is 12.1 Å². The van der Waals surface area contributed by atoms with E-state index < -0.39 is 5.82 Å². The highest BCUT2D eigenvalue weighted by molar-refractivity contribution is 6.30. The quantitative estimate of drug-likeness (QED) is 0.441. The summed E-state index contributed by atoms with van der Waals surface area (Å²) in [5.74, 6) is 0.861. The maximum Gasteiger partial charge on any atom is 0.279 e. The van der Waals surface area contributed by atoms with Crippen molar-refractivity contribution in [1.82, 2.24) is 34.5 Å². The molecule has 11 heteroatoms. The van der Waals surface area contributed by atoms with Gasteiger partial charge in [0.2, 0.25) is 5.95 Å². The summed E-state index contributed by atoms with van der Waals surface area (Å²) in [4.78, 5) is 28.9. The molecule has 0 bridgehead atoms. The van der Waals surface area contributed by atoms with E-state index in [4.69, 9.17) is 16.6 Å². The summed E-state index contributed by atoms with van der Waals surface area (Å²) in [5, 5.41) is 8.93. The first-order valence-corrected chi connectivity index (χ1v) is 11.6. The molecule has 0 spiro atoms. The van der Waals surface area contributed by atoms with E-state index in [1.54, 1.807) is 26.1 Å². The number of fused-ring (bicyclic) bond motifs is 1. The number of halogens is 2. The summed E-state index contributed by atoms with van der Waals surface area (Å²) in [7, 11) is 1.64. The fourth-order valence-electron chi connectivity index (χ4n) is 4.43. The second kappa shape index (κ2) is 7.83. The predicted octanol–water partition coefficient (Wildman–Crippen LogP) is 3.41. The van der Waals surface area contributed by atoms with E-state index in [0.29, 0.717) is 30.8 Å². The van der Waals surface area contributed by atoms with E-state index in [2.05, 4.69) is 20.3 Å². The molecule has 3 aromatic heterocycles. The zero-order chi connectivity index (χ0) is 23.6. The monoisotopic (exact) mass is 480 g/mol. The normalized spacial score (nSPS) is 18.2. The van der Waals surface area contributed by atoms with E-state index in [-0.39, 0.29) is 38.9 Å². The zero-order valence-electron chi connectivity index (χ0n) is 18.7. The minimum Gasteiger partial charge on any atom is -0.339 e. The van der Waals surface area contributed by atoms with Crippen LogP contribution in [0, 0.1) is 12.7 Å². The molecule has 0 radical (unpaired) electrons. The fourth-order valence-corrected chi connectivity index (χ4v) is 4.58. The minimum atomic E-state index is -0.534. The predicted molar refractivity (Wildman–Crippen MR) is 126 cm³/mol. The average Bonchev–Trinajstić information content (AvgIpc) is 3.34. The van der Waals surface area contributed by atoms with Crippen molar-refractivity contribution < 1.29 is 4.39 Å². The van der Waals surface area contributed by atoms with Gasteiger partial charge in [-0.25, -0.2) is 24.0 Å². The lowest BCUT2D eigenvalue weighted by molar-refractivity contribution is 0.479. The van der Waals surface area contributed by atoms with Gasteiger partial charge in [0.25, 0.3) is 5.56 Å². The molecule has 1 unspecified atom stereocenters. The molecule has 4 aromatic rings. The van der Waals surface area contributed by atoms with Gasteiger partial charge in [0.1, 0.15) is 22.9 Å². The van der Waals surface area contributed by atoms with Gasteiger partial charge in [0.05, 0.1) is 11.7 Å². The first kappa shape index (κ1) is 21.2. The molecule has 1 saturated heterocycles. The topological polar surface area (TPSA) is 94.6 Å². The molecule has 1 atom stereocenters. The average molecular weight is 481 g/mol. The van der Waals surface area contributed by atoms with Gasteiger partial charge < -0.3 is 4.90 Å². The highest BCUT2D eigenvalue weighted by Crippen LogP contribution is 2.39. The van der Waals surface area contributed by atoms with E-state index in [1.807, 2.05) is 15.8 Å². The third-order valence-corrected chi connectivity index (χ3v) is 6.90. The molecule has 174 valence electrons. The Balaban J connectivity index is 1.44. The molecule has 2 fully saturated rings. The number of aromatic nitrogens is 7. The van der Waals surface area contributed by atoms with Crippen LogP contribution >= 0.6 is 11.6 Å². The van der Waals surface area contributed by atoms with Crippen LogP contribution < -0.4 is 10.5 Å². The van der Waals surface area contributed by atoms with Crippen molar-refractivity contribution in [1.29, 1.82) is 0 Å². The summed E-state index contributed by atoms with van der Waals surface area (Å²) >= 11 is 5.96. The van der Waals surface area contributed by atoms with Crippen molar-refractivity contribution in [2.45, 2.75) is 38.1 Å². The van der Waals surface area contributed by atoms with Crippen LogP contribution in [0.25, 0.3) is 22.3 Å². The van der Waals surface area contributed by atoms with Crippen LogP contribution in [0.3, 0.4) is 0 Å². The number of benzene rings is 1. The fraction of sp³-hybridized carbons (Fsp3) is 0.391. The second-order valence-electron chi connectivity index (χ2n) is 9.00. The van der Waals surface area contributed by atoms with Gasteiger partial charge >= 0.3 is 0 Å². The molecule has 4 heterocycles. The lowest BCUT2D eigenvalue weighted by Crippen LogP contribution is -2.26. The van der Waals surface area contributed by atoms with E-state index in [9.17, 15) is 9.18 Å². The number of nitrogens with zero attached hydrogens (tertiary/aromatic N) is 8. The Morgan fingerprint density at radius 2 is 1.94 bits per heavy atom. The Bertz CT molecular complexity index is 1490. The molecule has 0 N–H and O–H groups in total. The molecular formula is C23H22ClFN8O. The SMILES string of the molecule is Cc1nc2c(-c3ccc(Cl)cc3F)nc(N3CCC(n4cc(C5CC5)nn4)C3)nc2c(=O)n1C. The number of aryl methyl sites for hydroxylation is 1. The van der Waals surface area contributed by atoms with Gasteiger partial charge in [-0.2, -0.15) is 0 Å². The van der Waals surface area contributed by atoms with Gasteiger partial charge in [-0.05, 0) is 44.4 Å². The molecule has 1 aromatic carbocycles. The zero-order valence-corrected chi connectivity index (χ0v) is 19.5. The highest BCUT2D eigenvalue weighted by Gasteiger charge is 2.31.